The van der Waals surface area contributed by atoms with Crippen LogP contribution in [0.3, 0.4) is 0 Å². The fourth-order valence-corrected chi connectivity index (χ4v) is 3.66. The van der Waals surface area contributed by atoms with Crippen LogP contribution in [0.5, 0.6) is 11.5 Å². The van der Waals surface area contributed by atoms with E-state index in [0.29, 0.717) is 23.6 Å². The molecule has 1 N–H and O–H groups in total. The van der Waals surface area contributed by atoms with Crippen LogP contribution >= 0.6 is 0 Å². The van der Waals surface area contributed by atoms with Gasteiger partial charge in [-0.05, 0) is 48.7 Å². The lowest BCUT2D eigenvalue weighted by Crippen LogP contribution is -2.19. The second-order valence-electron chi connectivity index (χ2n) is 7.04. The van der Waals surface area contributed by atoms with Gasteiger partial charge in [0.05, 0.1) is 36.9 Å². The number of hydrogen-bond donors (Lipinski definition) is 1. The van der Waals surface area contributed by atoms with E-state index in [-0.39, 0.29) is 11.7 Å². The molecule has 0 spiro atoms. The Labute approximate surface area is 164 Å². The lowest BCUT2D eigenvalue weighted by molar-refractivity contribution is 0.0953. The monoisotopic (exact) mass is 377 g/mol. The number of Topliss-reactive ketones (excluding diaryl/α,β-unsaturated/α-hetero) is 1. The summed E-state index contributed by atoms with van der Waals surface area (Å²) in [5.74, 6) is 2.44. The summed E-state index contributed by atoms with van der Waals surface area (Å²) >= 11 is 0. The first-order chi connectivity index (χ1) is 13.6. The fourth-order valence-electron chi connectivity index (χ4n) is 3.66. The highest BCUT2D eigenvalue weighted by Gasteiger charge is 2.31. The Balaban J connectivity index is 1.82. The van der Waals surface area contributed by atoms with E-state index in [4.69, 9.17) is 14.6 Å². The van der Waals surface area contributed by atoms with Crippen molar-refractivity contribution in [3.8, 4) is 17.2 Å². The first-order valence-electron chi connectivity index (χ1n) is 9.30. The largest absolute Gasteiger partial charge is 0.497 e. The van der Waals surface area contributed by atoms with Gasteiger partial charge in [0.15, 0.2) is 11.6 Å². The Morgan fingerprint density at radius 3 is 2.50 bits per heavy atom. The van der Waals surface area contributed by atoms with Gasteiger partial charge >= 0.3 is 0 Å². The zero-order valence-electron chi connectivity index (χ0n) is 16.2. The zero-order chi connectivity index (χ0) is 19.7. The Hall–Kier alpha value is -3.28. The van der Waals surface area contributed by atoms with Crippen LogP contribution in [0.25, 0.3) is 5.69 Å². The molecule has 1 aliphatic rings. The van der Waals surface area contributed by atoms with Crippen molar-refractivity contribution in [1.82, 2.24) is 9.78 Å². The predicted molar refractivity (Wildman–Crippen MR) is 108 cm³/mol. The molecule has 6 nitrogen and oxygen atoms in total. The molecule has 0 aliphatic heterocycles. The molecule has 0 bridgehead atoms. The van der Waals surface area contributed by atoms with Gasteiger partial charge in [0, 0.05) is 6.42 Å². The molecule has 144 valence electrons. The van der Waals surface area contributed by atoms with E-state index in [1.165, 1.54) is 0 Å². The number of methoxy groups -OCH3 is 2. The number of fused-ring (bicyclic) bond motifs is 1. The highest BCUT2D eigenvalue weighted by atomic mass is 16.5. The van der Waals surface area contributed by atoms with Crippen LogP contribution in [-0.4, -0.2) is 29.8 Å². The van der Waals surface area contributed by atoms with E-state index >= 15 is 0 Å². The van der Waals surface area contributed by atoms with Crippen molar-refractivity contribution in [1.29, 1.82) is 0 Å². The minimum absolute atomic E-state index is 0.117. The predicted octanol–water partition coefficient (Wildman–Crippen LogP) is 4.40. The molecule has 1 heterocycles. The standard InChI is InChI=1S/C22H23N3O3/c1-14-12-18-21(19(26)13-14)22(23-17-6-4-5-7-20(17)28-3)24-25(18)15-8-10-16(27-2)11-9-15/h4-11,14H,12-13H2,1-3H3,(H,23,24)/t14-/m0/s1. The minimum Gasteiger partial charge on any atom is -0.497 e. The molecule has 0 saturated carbocycles. The summed E-state index contributed by atoms with van der Waals surface area (Å²) in [4.78, 5) is 12.9. The van der Waals surface area contributed by atoms with Gasteiger partial charge in [0.1, 0.15) is 11.5 Å². The summed E-state index contributed by atoms with van der Waals surface area (Å²) in [6, 6.07) is 15.3. The van der Waals surface area contributed by atoms with Gasteiger partial charge < -0.3 is 14.8 Å². The SMILES string of the molecule is COc1ccc(-n2nc(Nc3ccccc3OC)c3c2C[C@H](C)CC3=O)cc1. The molecule has 1 atom stereocenters. The molecule has 0 radical (unpaired) electrons. The summed E-state index contributed by atoms with van der Waals surface area (Å²) in [7, 11) is 3.26. The van der Waals surface area contributed by atoms with E-state index in [9.17, 15) is 4.79 Å². The molecule has 0 saturated heterocycles. The Morgan fingerprint density at radius 1 is 1.04 bits per heavy atom. The van der Waals surface area contributed by atoms with Gasteiger partial charge in [-0.25, -0.2) is 4.68 Å². The van der Waals surface area contributed by atoms with Crippen molar-refractivity contribution in [2.24, 2.45) is 5.92 Å². The molecule has 0 fully saturated rings. The minimum atomic E-state index is 0.117. The van der Waals surface area contributed by atoms with E-state index in [1.54, 1.807) is 14.2 Å². The van der Waals surface area contributed by atoms with Crippen LogP contribution in [0.4, 0.5) is 11.5 Å². The number of carbonyl (C=O) groups is 1. The van der Waals surface area contributed by atoms with Crippen LogP contribution in [-0.2, 0) is 6.42 Å². The summed E-state index contributed by atoms with van der Waals surface area (Å²) in [6.07, 6.45) is 1.33. The number of nitrogens with zero attached hydrogens (tertiary/aromatic N) is 2. The number of hydrogen-bond acceptors (Lipinski definition) is 5. The van der Waals surface area contributed by atoms with Crippen molar-refractivity contribution in [2.75, 3.05) is 19.5 Å². The molecule has 3 aromatic rings. The molecule has 2 aromatic carbocycles. The number of ether oxygens (including phenoxy) is 2. The second-order valence-corrected chi connectivity index (χ2v) is 7.04. The Kier molecular flexibility index (Phi) is 4.77. The number of nitrogens with one attached hydrogen (secondary N) is 1. The van der Waals surface area contributed by atoms with Gasteiger partial charge in [-0.15, -0.1) is 5.10 Å². The molecule has 0 amide bonds. The number of para-hydroxylation sites is 2. The van der Waals surface area contributed by atoms with Crippen LogP contribution < -0.4 is 14.8 Å². The maximum atomic E-state index is 12.9. The topological polar surface area (TPSA) is 65.4 Å². The van der Waals surface area contributed by atoms with Gasteiger partial charge in [0.2, 0.25) is 0 Å². The summed E-state index contributed by atoms with van der Waals surface area (Å²) in [5.41, 5.74) is 3.27. The number of rotatable bonds is 5. The number of carbonyl (C=O) groups excluding carboxylic acids is 1. The van der Waals surface area contributed by atoms with Crippen molar-refractivity contribution in [3.05, 3.63) is 59.8 Å². The first-order valence-corrected chi connectivity index (χ1v) is 9.30. The highest BCUT2D eigenvalue weighted by molar-refractivity contribution is 6.03. The normalized spacial score (nSPS) is 15.8. The molecule has 1 aliphatic carbocycles. The third kappa shape index (κ3) is 3.22. The van der Waals surface area contributed by atoms with Crippen molar-refractivity contribution < 1.29 is 14.3 Å². The molecule has 0 unspecified atom stereocenters. The molecule has 1 aromatic heterocycles. The lowest BCUT2D eigenvalue weighted by atomic mass is 9.87. The molecule has 6 heteroatoms. The van der Waals surface area contributed by atoms with E-state index < -0.39 is 0 Å². The number of benzene rings is 2. The highest BCUT2D eigenvalue weighted by Crippen LogP contribution is 2.35. The van der Waals surface area contributed by atoms with Gasteiger partial charge in [-0.3, -0.25) is 4.79 Å². The number of ketones is 1. The molecule has 4 rings (SSSR count). The van der Waals surface area contributed by atoms with Gasteiger partial charge in [-0.1, -0.05) is 19.1 Å². The third-order valence-electron chi connectivity index (χ3n) is 5.01. The third-order valence-corrected chi connectivity index (χ3v) is 5.01. The average molecular weight is 377 g/mol. The van der Waals surface area contributed by atoms with E-state index in [2.05, 4.69) is 12.2 Å². The number of aromatic nitrogens is 2. The fraction of sp³-hybridized carbons (Fsp3) is 0.273. The van der Waals surface area contributed by atoms with Crippen LogP contribution in [0.2, 0.25) is 0 Å². The Morgan fingerprint density at radius 2 is 1.79 bits per heavy atom. The quantitative estimate of drug-likeness (QED) is 0.714. The van der Waals surface area contributed by atoms with Crippen LogP contribution in [0.1, 0.15) is 29.4 Å². The first kappa shape index (κ1) is 18.1. The van der Waals surface area contributed by atoms with E-state index in [1.807, 2.05) is 53.2 Å². The average Bonchev–Trinajstić information content (AvgIpc) is 3.06. The van der Waals surface area contributed by atoms with E-state index in [0.717, 1.165) is 29.2 Å². The van der Waals surface area contributed by atoms with Gasteiger partial charge in [0.25, 0.3) is 0 Å². The van der Waals surface area contributed by atoms with Crippen molar-refractivity contribution >= 4 is 17.3 Å². The second kappa shape index (κ2) is 7.38. The zero-order valence-corrected chi connectivity index (χ0v) is 16.2. The van der Waals surface area contributed by atoms with Crippen molar-refractivity contribution in [2.45, 2.75) is 19.8 Å². The van der Waals surface area contributed by atoms with Crippen molar-refractivity contribution in [3.63, 3.8) is 0 Å². The lowest BCUT2D eigenvalue weighted by Gasteiger charge is -2.19. The van der Waals surface area contributed by atoms with Crippen LogP contribution in [0.15, 0.2) is 48.5 Å². The maximum absolute atomic E-state index is 12.9. The smallest absolute Gasteiger partial charge is 0.168 e. The molecular weight excluding hydrogens is 354 g/mol. The molecule has 28 heavy (non-hydrogen) atoms. The van der Waals surface area contributed by atoms with Crippen LogP contribution in [0, 0.1) is 5.92 Å². The summed E-state index contributed by atoms with van der Waals surface area (Å²) in [6.45, 7) is 2.10. The summed E-state index contributed by atoms with van der Waals surface area (Å²) < 4.78 is 12.5. The Bertz CT molecular complexity index is 1010. The molecular formula is C22H23N3O3. The van der Waals surface area contributed by atoms with Gasteiger partial charge in [-0.2, -0.15) is 0 Å². The summed E-state index contributed by atoms with van der Waals surface area (Å²) in [5, 5.41) is 8.07. The maximum Gasteiger partial charge on any atom is 0.168 e. The number of anilines is 2.